The molecule has 0 spiro atoms. The molecule has 1 aromatic heterocycles. The first-order valence-electron chi connectivity index (χ1n) is 10.7. The average Bonchev–Trinajstić information content (AvgIpc) is 3.39. The van der Waals surface area contributed by atoms with Gasteiger partial charge in [-0.1, -0.05) is 6.92 Å². The molecule has 180 valence electrons. The van der Waals surface area contributed by atoms with Crippen LogP contribution in [-0.4, -0.2) is 85.6 Å². The molecule has 0 aliphatic carbocycles. The van der Waals surface area contributed by atoms with Crippen LogP contribution in [0.1, 0.15) is 18.4 Å². The number of fused-ring (bicyclic) bond motifs is 1. The van der Waals surface area contributed by atoms with Gasteiger partial charge >= 0.3 is 12.1 Å². The molecule has 4 heterocycles. The topological polar surface area (TPSA) is 92.5 Å². The van der Waals surface area contributed by atoms with Crippen LogP contribution in [0.2, 0.25) is 0 Å². The molecule has 0 bridgehead atoms. The summed E-state index contributed by atoms with van der Waals surface area (Å²) in [4.78, 5) is 26.2. The SMILES string of the molecule is CCc1ccc(CN2C[C@@H]3COC[C@@H](C(=O)N4CCOCC4)[C@@H]3C2)o1.O=C(O)C(F)(F)F. The first-order valence-corrected chi connectivity index (χ1v) is 10.7. The molecular weight excluding hydrogens is 433 g/mol. The predicted molar refractivity (Wildman–Crippen MR) is 106 cm³/mol. The van der Waals surface area contributed by atoms with Crippen LogP contribution in [0, 0.1) is 17.8 Å². The highest BCUT2D eigenvalue weighted by Crippen LogP contribution is 2.36. The number of morpholine rings is 1. The van der Waals surface area contributed by atoms with Crippen LogP contribution in [0.15, 0.2) is 16.5 Å². The number of hydrogen-bond donors (Lipinski definition) is 1. The minimum atomic E-state index is -5.08. The van der Waals surface area contributed by atoms with Gasteiger partial charge in [-0.05, 0) is 24.0 Å². The number of rotatable bonds is 4. The lowest BCUT2D eigenvalue weighted by Gasteiger charge is -2.36. The van der Waals surface area contributed by atoms with E-state index < -0.39 is 12.1 Å². The highest BCUT2D eigenvalue weighted by molar-refractivity contribution is 5.79. The Balaban J connectivity index is 0.000000360. The Morgan fingerprint density at radius 1 is 1.09 bits per heavy atom. The van der Waals surface area contributed by atoms with Crippen LogP contribution in [0.5, 0.6) is 0 Å². The minimum Gasteiger partial charge on any atom is -0.475 e. The molecule has 4 rings (SSSR count). The molecule has 1 N–H and O–H groups in total. The predicted octanol–water partition coefficient (Wildman–Crippen LogP) is 2.03. The Morgan fingerprint density at radius 3 is 2.34 bits per heavy atom. The zero-order chi connectivity index (χ0) is 23.3. The van der Waals surface area contributed by atoms with Gasteiger partial charge in [-0.25, -0.2) is 4.79 Å². The second-order valence-corrected chi connectivity index (χ2v) is 8.22. The zero-order valence-corrected chi connectivity index (χ0v) is 18.0. The second-order valence-electron chi connectivity index (χ2n) is 8.22. The molecule has 3 saturated heterocycles. The number of carboxylic acids is 1. The summed E-state index contributed by atoms with van der Waals surface area (Å²) in [6.07, 6.45) is -4.16. The quantitative estimate of drug-likeness (QED) is 0.732. The van der Waals surface area contributed by atoms with Gasteiger partial charge in [-0.3, -0.25) is 9.69 Å². The molecule has 3 aliphatic rings. The number of ether oxygens (including phenoxy) is 2. The van der Waals surface area contributed by atoms with Gasteiger partial charge < -0.3 is 23.9 Å². The van der Waals surface area contributed by atoms with Crippen LogP contribution < -0.4 is 0 Å². The Labute approximate surface area is 184 Å². The molecule has 32 heavy (non-hydrogen) atoms. The van der Waals surface area contributed by atoms with Crippen molar-refractivity contribution in [2.24, 2.45) is 17.8 Å². The zero-order valence-electron chi connectivity index (χ0n) is 18.0. The molecule has 3 aliphatic heterocycles. The smallest absolute Gasteiger partial charge is 0.475 e. The van der Waals surface area contributed by atoms with Crippen molar-refractivity contribution in [2.75, 3.05) is 52.6 Å². The van der Waals surface area contributed by atoms with Gasteiger partial charge in [0, 0.05) is 32.6 Å². The lowest BCUT2D eigenvalue weighted by atomic mass is 9.82. The fraction of sp³-hybridized carbons (Fsp3) is 0.714. The molecule has 0 radical (unpaired) electrons. The average molecular weight is 462 g/mol. The van der Waals surface area contributed by atoms with Crippen molar-refractivity contribution in [1.82, 2.24) is 9.80 Å². The summed E-state index contributed by atoms with van der Waals surface area (Å²) in [5, 5.41) is 7.12. The number of hydrogen-bond acceptors (Lipinski definition) is 6. The third-order valence-electron chi connectivity index (χ3n) is 6.04. The van der Waals surface area contributed by atoms with Crippen LogP contribution in [-0.2, 0) is 32.0 Å². The molecule has 0 aromatic carbocycles. The van der Waals surface area contributed by atoms with Crippen molar-refractivity contribution in [1.29, 1.82) is 0 Å². The Morgan fingerprint density at radius 2 is 1.75 bits per heavy atom. The monoisotopic (exact) mass is 462 g/mol. The summed E-state index contributed by atoms with van der Waals surface area (Å²) < 4.78 is 48.8. The summed E-state index contributed by atoms with van der Waals surface area (Å²) in [5.74, 6) is 0.389. The summed E-state index contributed by atoms with van der Waals surface area (Å²) in [6.45, 7) is 8.92. The summed E-state index contributed by atoms with van der Waals surface area (Å²) in [5.41, 5.74) is 0. The largest absolute Gasteiger partial charge is 0.490 e. The summed E-state index contributed by atoms with van der Waals surface area (Å²) in [7, 11) is 0. The number of halogens is 3. The number of carbonyl (C=O) groups is 2. The van der Waals surface area contributed by atoms with E-state index in [-0.39, 0.29) is 11.8 Å². The Bertz CT molecular complexity index is 778. The van der Waals surface area contributed by atoms with E-state index in [0.29, 0.717) is 44.7 Å². The van der Waals surface area contributed by atoms with Crippen molar-refractivity contribution >= 4 is 11.9 Å². The van der Waals surface area contributed by atoms with E-state index >= 15 is 0 Å². The van der Waals surface area contributed by atoms with Crippen LogP contribution in [0.4, 0.5) is 13.2 Å². The maximum atomic E-state index is 13.0. The molecule has 3 atom stereocenters. The van der Waals surface area contributed by atoms with E-state index in [9.17, 15) is 18.0 Å². The van der Waals surface area contributed by atoms with E-state index in [0.717, 1.165) is 44.2 Å². The van der Waals surface area contributed by atoms with Crippen LogP contribution >= 0.6 is 0 Å². The third kappa shape index (κ3) is 6.23. The molecular formula is C21H29F3N2O6. The Hall–Kier alpha value is -2.11. The second kappa shape index (κ2) is 10.7. The number of carbonyl (C=O) groups excluding carboxylic acids is 1. The van der Waals surface area contributed by atoms with Gasteiger partial charge in [0.25, 0.3) is 0 Å². The van der Waals surface area contributed by atoms with Crippen molar-refractivity contribution < 1.29 is 41.8 Å². The number of likely N-dealkylation sites (tertiary alicyclic amines) is 1. The van der Waals surface area contributed by atoms with Gasteiger partial charge in [0.15, 0.2) is 0 Å². The first-order chi connectivity index (χ1) is 15.2. The van der Waals surface area contributed by atoms with Crippen molar-refractivity contribution in [3.8, 4) is 0 Å². The van der Waals surface area contributed by atoms with E-state index in [2.05, 4.69) is 24.0 Å². The molecule has 0 unspecified atom stereocenters. The van der Waals surface area contributed by atoms with Crippen LogP contribution in [0.3, 0.4) is 0 Å². The molecule has 3 fully saturated rings. The van der Waals surface area contributed by atoms with Crippen molar-refractivity contribution in [2.45, 2.75) is 26.1 Å². The number of amides is 1. The normalized spacial score (nSPS) is 26.2. The van der Waals surface area contributed by atoms with Gasteiger partial charge in [-0.2, -0.15) is 13.2 Å². The maximum Gasteiger partial charge on any atom is 0.490 e. The van der Waals surface area contributed by atoms with Crippen molar-refractivity contribution in [3.63, 3.8) is 0 Å². The lowest BCUT2D eigenvalue weighted by Crippen LogP contribution is -2.49. The summed E-state index contributed by atoms with van der Waals surface area (Å²) in [6, 6.07) is 4.14. The molecule has 1 amide bonds. The third-order valence-corrected chi connectivity index (χ3v) is 6.04. The van der Waals surface area contributed by atoms with Crippen LogP contribution in [0.25, 0.3) is 0 Å². The number of aryl methyl sites for hydroxylation is 1. The molecule has 11 heteroatoms. The maximum absolute atomic E-state index is 13.0. The van der Waals surface area contributed by atoms with E-state index in [1.165, 1.54) is 0 Å². The van der Waals surface area contributed by atoms with E-state index in [1.54, 1.807) is 0 Å². The molecule has 0 saturated carbocycles. The number of carboxylic acid groups (broad SMARTS) is 1. The highest BCUT2D eigenvalue weighted by Gasteiger charge is 2.45. The fourth-order valence-corrected chi connectivity index (χ4v) is 4.41. The minimum absolute atomic E-state index is 0.00958. The van der Waals surface area contributed by atoms with Gasteiger partial charge in [0.1, 0.15) is 11.5 Å². The highest BCUT2D eigenvalue weighted by atomic mass is 19.4. The van der Waals surface area contributed by atoms with Gasteiger partial charge in [0.05, 0.1) is 38.9 Å². The van der Waals surface area contributed by atoms with Crippen molar-refractivity contribution in [3.05, 3.63) is 23.7 Å². The number of furan rings is 1. The first kappa shape index (κ1) is 24.5. The van der Waals surface area contributed by atoms with Gasteiger partial charge in [-0.15, -0.1) is 0 Å². The number of nitrogens with zero attached hydrogens (tertiary/aromatic N) is 2. The summed E-state index contributed by atoms with van der Waals surface area (Å²) >= 11 is 0. The lowest BCUT2D eigenvalue weighted by molar-refractivity contribution is -0.192. The van der Waals surface area contributed by atoms with E-state index in [4.69, 9.17) is 23.8 Å². The number of aliphatic carboxylic acids is 1. The number of alkyl halides is 3. The van der Waals surface area contributed by atoms with E-state index in [1.807, 2.05) is 4.90 Å². The fourth-order valence-electron chi connectivity index (χ4n) is 4.41. The standard InChI is InChI=1S/C19H28N2O4.C2HF3O2/c1-2-15-3-4-16(25-15)10-20-9-14-12-24-13-18(17(14)11-20)19(22)21-5-7-23-8-6-21;3-2(4,5)1(6)7/h3-4,14,17-18H,2,5-13H2,1H3;(H,6,7)/t14-,17-,18-;/m1./s1. The van der Waals surface area contributed by atoms with Gasteiger partial charge in [0.2, 0.25) is 5.91 Å². The molecule has 1 aromatic rings. The Kier molecular flexibility index (Phi) is 8.18. The molecule has 8 nitrogen and oxygen atoms in total.